The lowest BCUT2D eigenvalue weighted by atomic mass is 10.1. The Morgan fingerprint density at radius 2 is 1.75 bits per heavy atom. The van der Waals surface area contributed by atoms with E-state index in [2.05, 4.69) is 28.4 Å². The predicted octanol–water partition coefficient (Wildman–Crippen LogP) is 7.47. The molecular formula is C30H27ClN4O4S. The van der Waals surface area contributed by atoms with Gasteiger partial charge in [0, 0.05) is 15.6 Å². The zero-order chi connectivity index (χ0) is 28.1. The van der Waals surface area contributed by atoms with Gasteiger partial charge < -0.3 is 9.47 Å². The van der Waals surface area contributed by atoms with E-state index in [4.69, 9.17) is 21.1 Å². The van der Waals surface area contributed by atoms with E-state index in [0.717, 1.165) is 27.6 Å². The number of benzene rings is 4. The minimum absolute atomic E-state index is 0.307. The Morgan fingerprint density at radius 3 is 2.52 bits per heavy atom. The van der Waals surface area contributed by atoms with Crippen molar-refractivity contribution in [3.8, 4) is 17.2 Å². The molecule has 0 unspecified atom stereocenters. The third kappa shape index (κ3) is 6.21. The first-order valence-corrected chi connectivity index (χ1v) is 14.0. The molecule has 0 aliphatic carbocycles. The summed E-state index contributed by atoms with van der Waals surface area (Å²) in [7, 11) is 0. The average Bonchev–Trinajstić information content (AvgIpc) is 3.32. The Labute approximate surface area is 241 Å². The lowest BCUT2D eigenvalue weighted by Crippen LogP contribution is -2.11. The van der Waals surface area contributed by atoms with Crippen LogP contribution < -0.4 is 9.47 Å². The van der Waals surface area contributed by atoms with Gasteiger partial charge in [-0.15, -0.1) is 10.2 Å². The number of nitrogens with zero attached hydrogens (tertiary/aromatic N) is 4. The van der Waals surface area contributed by atoms with Crippen molar-refractivity contribution in [2.45, 2.75) is 30.9 Å². The Bertz CT molecular complexity index is 1640. The van der Waals surface area contributed by atoms with Crippen LogP contribution in [-0.2, 0) is 6.61 Å². The molecule has 0 bridgehead atoms. The van der Waals surface area contributed by atoms with Crippen molar-refractivity contribution < 1.29 is 14.4 Å². The maximum atomic E-state index is 11.7. The number of halogens is 1. The van der Waals surface area contributed by atoms with Crippen LogP contribution in [0, 0.1) is 17.0 Å². The molecule has 0 amide bonds. The van der Waals surface area contributed by atoms with E-state index in [9.17, 15) is 10.1 Å². The molecule has 1 heterocycles. The molecule has 4 aromatic carbocycles. The van der Waals surface area contributed by atoms with E-state index in [1.54, 1.807) is 12.1 Å². The summed E-state index contributed by atoms with van der Waals surface area (Å²) in [5.74, 6) is 1.77. The molecule has 0 saturated heterocycles. The third-order valence-corrected chi connectivity index (χ3v) is 7.78. The van der Waals surface area contributed by atoms with Crippen molar-refractivity contribution in [3.05, 3.63) is 117 Å². The Kier molecular flexibility index (Phi) is 8.52. The number of aromatic nitrogens is 3. The van der Waals surface area contributed by atoms with Crippen molar-refractivity contribution in [2.75, 3.05) is 13.2 Å². The zero-order valence-corrected chi connectivity index (χ0v) is 23.6. The van der Waals surface area contributed by atoms with Crippen LogP contribution in [-0.4, -0.2) is 32.8 Å². The largest absolute Gasteiger partial charge is 0.490 e. The van der Waals surface area contributed by atoms with E-state index in [1.165, 1.54) is 11.8 Å². The van der Waals surface area contributed by atoms with Gasteiger partial charge in [0.15, 0.2) is 16.7 Å². The summed E-state index contributed by atoms with van der Waals surface area (Å²) >= 11 is 7.35. The second kappa shape index (κ2) is 12.4. The van der Waals surface area contributed by atoms with Crippen LogP contribution in [0.25, 0.3) is 16.5 Å². The van der Waals surface area contributed by atoms with Gasteiger partial charge in [0.2, 0.25) is 6.54 Å². The summed E-state index contributed by atoms with van der Waals surface area (Å²) in [6.07, 6.45) is 0. The lowest BCUT2D eigenvalue weighted by molar-refractivity contribution is -0.479. The molecule has 1 atom stereocenters. The van der Waals surface area contributed by atoms with Gasteiger partial charge in [0.05, 0.1) is 6.61 Å². The van der Waals surface area contributed by atoms with Gasteiger partial charge in [-0.3, -0.25) is 14.7 Å². The smallest absolute Gasteiger partial charge is 0.220 e. The van der Waals surface area contributed by atoms with Gasteiger partial charge in [-0.25, -0.2) is 0 Å². The molecule has 0 saturated carbocycles. The highest BCUT2D eigenvalue weighted by atomic mass is 35.5. The highest BCUT2D eigenvalue weighted by Gasteiger charge is 2.25. The van der Waals surface area contributed by atoms with E-state index in [1.807, 2.05) is 73.0 Å². The molecular weight excluding hydrogens is 548 g/mol. The topological polar surface area (TPSA) is 92.3 Å². The summed E-state index contributed by atoms with van der Waals surface area (Å²) in [5.41, 5.74) is 2.61. The molecule has 0 N–H and O–H groups in total. The number of hydrogen-bond acceptors (Lipinski definition) is 7. The van der Waals surface area contributed by atoms with Crippen molar-refractivity contribution >= 4 is 34.1 Å². The molecule has 204 valence electrons. The summed E-state index contributed by atoms with van der Waals surface area (Å²) < 4.78 is 14.0. The molecule has 5 aromatic rings. The molecule has 0 radical (unpaired) electrons. The van der Waals surface area contributed by atoms with Gasteiger partial charge in [0.1, 0.15) is 17.7 Å². The van der Waals surface area contributed by atoms with E-state index >= 15 is 0 Å². The summed E-state index contributed by atoms with van der Waals surface area (Å²) in [5, 5.41) is 23.1. The molecule has 1 aromatic heterocycles. The van der Waals surface area contributed by atoms with Crippen molar-refractivity contribution in [3.63, 3.8) is 0 Å². The molecule has 10 heteroatoms. The fourth-order valence-corrected chi connectivity index (χ4v) is 5.76. The van der Waals surface area contributed by atoms with E-state index < -0.39 is 5.25 Å². The number of fused-ring (bicyclic) bond motifs is 1. The minimum Gasteiger partial charge on any atom is -0.490 e. The van der Waals surface area contributed by atoms with Crippen LogP contribution in [0.3, 0.4) is 0 Å². The molecule has 40 heavy (non-hydrogen) atoms. The first-order valence-electron chi connectivity index (χ1n) is 12.8. The van der Waals surface area contributed by atoms with Gasteiger partial charge in [-0.2, -0.15) is 0 Å². The maximum Gasteiger partial charge on any atom is 0.220 e. The van der Waals surface area contributed by atoms with Crippen LogP contribution in [0.5, 0.6) is 11.5 Å². The third-order valence-electron chi connectivity index (χ3n) is 6.35. The summed E-state index contributed by atoms with van der Waals surface area (Å²) in [4.78, 5) is 11.4. The monoisotopic (exact) mass is 574 g/mol. The van der Waals surface area contributed by atoms with Crippen LogP contribution in [0.1, 0.15) is 29.1 Å². The predicted molar refractivity (Wildman–Crippen MR) is 157 cm³/mol. The molecule has 0 aliphatic rings. The molecule has 0 spiro atoms. The summed E-state index contributed by atoms with van der Waals surface area (Å²) in [6.45, 7) is 4.20. The fraction of sp³-hybridized carbons (Fsp3) is 0.200. The van der Waals surface area contributed by atoms with Crippen LogP contribution in [0.4, 0.5) is 0 Å². The van der Waals surface area contributed by atoms with Gasteiger partial charge in [0.25, 0.3) is 0 Å². The van der Waals surface area contributed by atoms with E-state index in [0.29, 0.717) is 40.7 Å². The van der Waals surface area contributed by atoms with Crippen LogP contribution in [0.2, 0.25) is 5.02 Å². The van der Waals surface area contributed by atoms with Crippen molar-refractivity contribution in [2.24, 2.45) is 0 Å². The summed E-state index contributed by atoms with van der Waals surface area (Å²) in [6, 6.07) is 27.1. The molecule has 8 nitrogen and oxygen atoms in total. The first-order chi connectivity index (χ1) is 19.4. The minimum atomic E-state index is -0.545. The lowest BCUT2D eigenvalue weighted by Gasteiger charge is -2.18. The highest BCUT2D eigenvalue weighted by Crippen LogP contribution is 2.40. The zero-order valence-electron chi connectivity index (χ0n) is 22.0. The SMILES string of the molecule is CCOc1cc([C@@H](C[N+](=O)[O-])Sc2nnc(C)n2-c2ccc(Cl)cc2)ccc1OCc1cccc2ccccc12. The highest BCUT2D eigenvalue weighted by molar-refractivity contribution is 7.99. The standard InChI is InChI=1S/C30H27ClN4O4S/c1-3-38-28-17-22(11-16-27(28)39-19-23-9-6-8-21-7-4-5-10-26(21)23)29(18-34(36)37)40-30-33-32-20(2)35(30)25-14-12-24(31)13-15-25/h4-17,29H,3,18-19H2,1-2H3/t29-/m1/s1. The molecule has 0 aliphatic heterocycles. The Hall–Kier alpha value is -4.08. The number of thioether (sulfide) groups is 1. The number of rotatable bonds is 11. The normalized spacial score (nSPS) is 11.9. The molecule has 5 rings (SSSR count). The number of aryl methyl sites for hydroxylation is 1. The van der Waals surface area contributed by atoms with Gasteiger partial charge >= 0.3 is 0 Å². The van der Waals surface area contributed by atoms with Crippen LogP contribution in [0.15, 0.2) is 90.1 Å². The maximum absolute atomic E-state index is 11.7. The van der Waals surface area contributed by atoms with Gasteiger partial charge in [-0.1, -0.05) is 71.9 Å². The fourth-order valence-electron chi connectivity index (χ4n) is 4.47. The van der Waals surface area contributed by atoms with Crippen molar-refractivity contribution in [1.82, 2.24) is 14.8 Å². The molecule has 0 fully saturated rings. The van der Waals surface area contributed by atoms with E-state index in [-0.39, 0.29) is 11.5 Å². The van der Waals surface area contributed by atoms with Crippen molar-refractivity contribution in [1.29, 1.82) is 0 Å². The average molecular weight is 575 g/mol. The first kappa shape index (κ1) is 27.5. The number of hydrogen-bond donors (Lipinski definition) is 0. The van der Waals surface area contributed by atoms with Gasteiger partial charge in [-0.05, 0) is 72.1 Å². The second-order valence-electron chi connectivity index (χ2n) is 9.03. The Morgan fingerprint density at radius 1 is 0.975 bits per heavy atom. The Balaban J connectivity index is 1.43. The quantitative estimate of drug-likeness (QED) is 0.0917. The number of nitro groups is 1. The number of ether oxygens (including phenoxy) is 2. The second-order valence-corrected chi connectivity index (χ2v) is 10.6. The van der Waals surface area contributed by atoms with Crippen LogP contribution >= 0.6 is 23.4 Å².